The van der Waals surface area contributed by atoms with Crippen molar-refractivity contribution < 1.29 is 18.8 Å². The summed E-state index contributed by atoms with van der Waals surface area (Å²) in [4.78, 5) is 16.4. The third-order valence-electron chi connectivity index (χ3n) is 6.00. The number of benzene rings is 1. The van der Waals surface area contributed by atoms with Crippen molar-refractivity contribution in [2.45, 2.75) is 71.0 Å². The molecule has 3 rings (SSSR count). The Hall–Kier alpha value is -1.38. The van der Waals surface area contributed by atoms with Crippen LogP contribution in [0.2, 0.25) is 0 Å². The van der Waals surface area contributed by atoms with Gasteiger partial charge in [-0.25, -0.2) is 4.79 Å². The van der Waals surface area contributed by atoms with E-state index in [0.29, 0.717) is 18.8 Å². The van der Waals surface area contributed by atoms with Crippen LogP contribution in [0.1, 0.15) is 54.0 Å². The van der Waals surface area contributed by atoms with Gasteiger partial charge in [0.1, 0.15) is 5.60 Å². The topological polar surface area (TPSA) is 51.2 Å². The van der Waals surface area contributed by atoms with Gasteiger partial charge >= 0.3 is 13.2 Å². The molecule has 1 amide bonds. The van der Waals surface area contributed by atoms with Crippen LogP contribution in [0.25, 0.3) is 0 Å². The van der Waals surface area contributed by atoms with E-state index >= 15 is 0 Å². The van der Waals surface area contributed by atoms with E-state index < -0.39 is 12.7 Å². The van der Waals surface area contributed by atoms with Gasteiger partial charge in [0.25, 0.3) is 0 Å². The molecule has 166 valence electrons. The molecule has 0 spiro atoms. The van der Waals surface area contributed by atoms with Crippen molar-refractivity contribution in [2.24, 2.45) is 0 Å². The number of amides is 1. The molecule has 0 aromatic heterocycles. The second kappa shape index (κ2) is 8.28. The Morgan fingerprint density at radius 1 is 1.07 bits per heavy atom. The number of rotatable bonds is 3. The van der Waals surface area contributed by atoms with Crippen LogP contribution in [0.4, 0.5) is 10.5 Å². The SMILES string of the molecule is CC(C)(C)OC(=O)N1CCN(c2cc(CS)cc(B3OC(C)(C)C(C)(C)O3)c2)CC1. The van der Waals surface area contributed by atoms with Gasteiger partial charge in [-0.05, 0) is 71.6 Å². The number of nitrogens with zero attached hydrogens (tertiary/aromatic N) is 2. The Morgan fingerprint density at radius 3 is 2.13 bits per heavy atom. The number of piperazine rings is 1. The lowest BCUT2D eigenvalue weighted by Gasteiger charge is -2.37. The van der Waals surface area contributed by atoms with Gasteiger partial charge in [-0.1, -0.05) is 6.07 Å². The van der Waals surface area contributed by atoms with Crippen LogP contribution in [-0.2, 0) is 19.8 Å². The third-order valence-corrected chi connectivity index (χ3v) is 6.37. The van der Waals surface area contributed by atoms with E-state index in [1.807, 2.05) is 20.8 Å². The quantitative estimate of drug-likeness (QED) is 0.583. The maximum Gasteiger partial charge on any atom is 0.494 e. The van der Waals surface area contributed by atoms with Crippen LogP contribution in [0, 0.1) is 0 Å². The van der Waals surface area contributed by atoms with Crippen molar-refractivity contribution >= 4 is 37.0 Å². The predicted molar refractivity (Wildman–Crippen MR) is 125 cm³/mol. The number of carbonyl (C=O) groups excluding carboxylic acids is 1. The first-order valence-electron chi connectivity index (χ1n) is 10.6. The lowest BCUT2D eigenvalue weighted by molar-refractivity contribution is 0.00578. The van der Waals surface area contributed by atoms with Crippen LogP contribution in [0.3, 0.4) is 0 Å². The molecule has 0 saturated carbocycles. The van der Waals surface area contributed by atoms with Crippen LogP contribution in [0.15, 0.2) is 18.2 Å². The van der Waals surface area contributed by atoms with Crippen LogP contribution >= 0.6 is 12.6 Å². The van der Waals surface area contributed by atoms with E-state index in [2.05, 4.69) is 63.4 Å². The van der Waals surface area contributed by atoms with Crippen molar-refractivity contribution in [3.8, 4) is 0 Å². The number of hydrogen-bond acceptors (Lipinski definition) is 6. The highest BCUT2D eigenvalue weighted by atomic mass is 32.1. The van der Waals surface area contributed by atoms with E-state index in [1.54, 1.807) is 4.90 Å². The Kier molecular flexibility index (Phi) is 6.43. The predicted octanol–water partition coefficient (Wildman–Crippen LogP) is 3.47. The Labute approximate surface area is 186 Å². The first kappa shape index (κ1) is 23.3. The summed E-state index contributed by atoms with van der Waals surface area (Å²) in [5.41, 5.74) is 1.99. The third kappa shape index (κ3) is 5.09. The minimum Gasteiger partial charge on any atom is -0.444 e. The largest absolute Gasteiger partial charge is 0.494 e. The number of ether oxygens (including phenoxy) is 1. The zero-order valence-electron chi connectivity index (χ0n) is 19.3. The van der Waals surface area contributed by atoms with E-state index in [-0.39, 0.29) is 17.3 Å². The van der Waals surface area contributed by atoms with Gasteiger partial charge in [-0.3, -0.25) is 0 Å². The molecular formula is C22H35BN2O4S. The fourth-order valence-corrected chi connectivity index (χ4v) is 3.75. The molecule has 0 aliphatic carbocycles. The summed E-state index contributed by atoms with van der Waals surface area (Å²) in [6, 6.07) is 6.40. The van der Waals surface area contributed by atoms with Gasteiger partial charge in [0, 0.05) is 37.6 Å². The summed E-state index contributed by atoms with van der Waals surface area (Å²) < 4.78 is 18.0. The molecule has 1 aromatic rings. The molecule has 2 fully saturated rings. The summed E-state index contributed by atoms with van der Waals surface area (Å²) in [5.74, 6) is 0.637. The fourth-order valence-electron chi connectivity index (χ4n) is 3.56. The molecule has 2 aliphatic rings. The van der Waals surface area contributed by atoms with Crippen molar-refractivity contribution in [3.63, 3.8) is 0 Å². The summed E-state index contributed by atoms with van der Waals surface area (Å²) >= 11 is 4.49. The number of hydrogen-bond donors (Lipinski definition) is 1. The highest BCUT2D eigenvalue weighted by Crippen LogP contribution is 2.36. The first-order chi connectivity index (χ1) is 13.8. The van der Waals surface area contributed by atoms with Crippen LogP contribution < -0.4 is 10.4 Å². The average Bonchev–Trinajstić information content (AvgIpc) is 2.87. The maximum absolute atomic E-state index is 12.3. The van der Waals surface area contributed by atoms with Crippen molar-refractivity contribution in [1.29, 1.82) is 0 Å². The molecule has 2 heterocycles. The van der Waals surface area contributed by atoms with Crippen LogP contribution in [-0.4, -0.2) is 61.1 Å². The fraction of sp³-hybridized carbons (Fsp3) is 0.682. The van der Waals surface area contributed by atoms with Crippen LogP contribution in [0.5, 0.6) is 0 Å². The zero-order chi connectivity index (χ0) is 22.3. The molecule has 0 bridgehead atoms. The molecule has 8 heteroatoms. The molecule has 6 nitrogen and oxygen atoms in total. The van der Waals surface area contributed by atoms with Gasteiger partial charge in [-0.15, -0.1) is 0 Å². The minimum atomic E-state index is -0.479. The monoisotopic (exact) mass is 434 g/mol. The number of anilines is 1. The number of thiol groups is 1. The van der Waals surface area contributed by atoms with Gasteiger partial charge in [0.05, 0.1) is 11.2 Å². The maximum atomic E-state index is 12.3. The van der Waals surface area contributed by atoms with E-state index in [1.165, 1.54) is 0 Å². The van der Waals surface area contributed by atoms with E-state index in [0.717, 1.165) is 29.8 Å². The molecule has 0 N–H and O–H groups in total. The summed E-state index contributed by atoms with van der Waals surface area (Å²) in [7, 11) is -0.406. The van der Waals surface area contributed by atoms with Crippen molar-refractivity contribution in [1.82, 2.24) is 4.90 Å². The van der Waals surface area contributed by atoms with Gasteiger partial charge in [0.2, 0.25) is 0 Å². The Balaban J connectivity index is 1.73. The average molecular weight is 434 g/mol. The highest BCUT2D eigenvalue weighted by Gasteiger charge is 2.51. The van der Waals surface area contributed by atoms with Gasteiger partial charge in [0.15, 0.2) is 0 Å². The smallest absolute Gasteiger partial charge is 0.444 e. The Morgan fingerprint density at radius 2 is 1.63 bits per heavy atom. The normalized spacial score (nSPS) is 21.1. The first-order valence-corrected chi connectivity index (χ1v) is 11.3. The summed E-state index contributed by atoms with van der Waals surface area (Å²) in [5, 5.41) is 0. The molecule has 2 saturated heterocycles. The summed E-state index contributed by atoms with van der Waals surface area (Å²) in [6.45, 7) is 16.7. The standard InChI is InChI=1S/C22H35BN2O4S/c1-20(2,3)27-19(26)25-10-8-24(9-11-25)18-13-16(15-30)12-17(14-18)23-28-21(4,5)22(6,7)29-23/h12-14,30H,8-11,15H2,1-7H3. The second-order valence-electron chi connectivity index (χ2n) is 10.1. The van der Waals surface area contributed by atoms with Crippen molar-refractivity contribution in [2.75, 3.05) is 31.1 Å². The second-order valence-corrected chi connectivity index (χ2v) is 10.4. The molecular weight excluding hydrogens is 399 g/mol. The van der Waals surface area contributed by atoms with Crippen molar-refractivity contribution in [3.05, 3.63) is 23.8 Å². The zero-order valence-corrected chi connectivity index (χ0v) is 20.2. The van der Waals surface area contributed by atoms with Gasteiger partial charge < -0.3 is 23.8 Å². The number of carbonyl (C=O) groups is 1. The van der Waals surface area contributed by atoms with E-state index in [9.17, 15) is 4.79 Å². The molecule has 0 atom stereocenters. The Bertz CT molecular complexity index is 770. The molecule has 0 radical (unpaired) electrons. The molecule has 1 aromatic carbocycles. The lowest BCUT2D eigenvalue weighted by atomic mass is 9.78. The molecule has 30 heavy (non-hydrogen) atoms. The van der Waals surface area contributed by atoms with Gasteiger partial charge in [-0.2, -0.15) is 12.6 Å². The summed E-state index contributed by atoms with van der Waals surface area (Å²) in [6.07, 6.45) is -0.246. The molecule has 0 unspecified atom stereocenters. The highest BCUT2D eigenvalue weighted by molar-refractivity contribution is 7.79. The minimum absolute atomic E-state index is 0.246. The van der Waals surface area contributed by atoms with E-state index in [4.69, 9.17) is 14.0 Å². The lowest BCUT2D eigenvalue weighted by Crippen LogP contribution is -2.50. The molecule has 2 aliphatic heterocycles.